The molecule has 0 aliphatic rings. The van der Waals surface area contributed by atoms with Gasteiger partial charge >= 0.3 is 5.97 Å². The molecule has 0 fully saturated rings. The lowest BCUT2D eigenvalue weighted by atomic mass is 10.1. The summed E-state index contributed by atoms with van der Waals surface area (Å²) in [6.45, 7) is 5.25. The Bertz CT molecular complexity index is 193. The van der Waals surface area contributed by atoms with E-state index in [4.69, 9.17) is 4.74 Å². The minimum Gasteiger partial charge on any atom is -0.462 e. The van der Waals surface area contributed by atoms with Gasteiger partial charge in [0.05, 0.1) is 0 Å². The van der Waals surface area contributed by atoms with E-state index in [2.05, 4.69) is 18.7 Å². The second-order valence-corrected chi connectivity index (χ2v) is 4.95. The lowest BCUT2D eigenvalue weighted by Gasteiger charge is -2.17. The van der Waals surface area contributed by atoms with Gasteiger partial charge in [0.15, 0.2) is 0 Å². The smallest absolute Gasteiger partial charge is 0.306 e. The summed E-state index contributed by atoms with van der Waals surface area (Å²) >= 11 is 0. The molecule has 102 valence electrons. The average molecular weight is 243 g/mol. The number of rotatable bonds is 10. The summed E-state index contributed by atoms with van der Waals surface area (Å²) in [5.41, 5.74) is 0. The molecule has 17 heavy (non-hydrogen) atoms. The number of esters is 1. The first-order valence-electron chi connectivity index (χ1n) is 6.94. The Labute approximate surface area is 107 Å². The van der Waals surface area contributed by atoms with Gasteiger partial charge in [-0.3, -0.25) is 4.79 Å². The first-order valence-corrected chi connectivity index (χ1v) is 6.94. The predicted molar refractivity (Wildman–Crippen MR) is 72.1 cm³/mol. The Morgan fingerprint density at radius 3 is 2.35 bits per heavy atom. The third-order valence-corrected chi connectivity index (χ3v) is 2.77. The number of hydrogen-bond donors (Lipinski definition) is 0. The number of carbonyl (C=O) groups is 1. The molecule has 0 heterocycles. The van der Waals surface area contributed by atoms with E-state index in [1.54, 1.807) is 0 Å². The van der Waals surface area contributed by atoms with Gasteiger partial charge in [-0.1, -0.05) is 33.1 Å². The van der Waals surface area contributed by atoms with Gasteiger partial charge in [0.2, 0.25) is 0 Å². The molecule has 0 saturated heterocycles. The van der Waals surface area contributed by atoms with Crippen molar-refractivity contribution in [2.75, 3.05) is 20.6 Å². The quantitative estimate of drug-likeness (QED) is 0.552. The Kier molecular flexibility index (Phi) is 10.2. The van der Waals surface area contributed by atoms with Gasteiger partial charge in [-0.15, -0.1) is 0 Å². The van der Waals surface area contributed by atoms with Crippen molar-refractivity contribution in [2.45, 2.75) is 64.9 Å². The Balaban J connectivity index is 3.77. The molecule has 3 nitrogen and oxygen atoms in total. The van der Waals surface area contributed by atoms with Crippen molar-refractivity contribution >= 4 is 5.97 Å². The van der Waals surface area contributed by atoms with Crippen molar-refractivity contribution in [1.82, 2.24) is 4.90 Å². The van der Waals surface area contributed by atoms with Crippen molar-refractivity contribution in [2.24, 2.45) is 0 Å². The van der Waals surface area contributed by atoms with Gasteiger partial charge in [-0.2, -0.15) is 0 Å². The summed E-state index contributed by atoms with van der Waals surface area (Å²) in [6.07, 6.45) is 6.99. The van der Waals surface area contributed by atoms with E-state index in [9.17, 15) is 4.79 Å². The Morgan fingerprint density at radius 1 is 1.12 bits per heavy atom. The fourth-order valence-corrected chi connectivity index (χ4v) is 1.80. The summed E-state index contributed by atoms with van der Waals surface area (Å²) in [5, 5.41) is 0. The Hall–Kier alpha value is -0.570. The van der Waals surface area contributed by atoms with Crippen molar-refractivity contribution in [3.05, 3.63) is 0 Å². The highest BCUT2D eigenvalue weighted by molar-refractivity contribution is 5.69. The molecule has 0 rings (SSSR count). The van der Waals surface area contributed by atoms with Crippen LogP contribution in [0.3, 0.4) is 0 Å². The normalized spacial score (nSPS) is 12.8. The number of ether oxygens (including phenoxy) is 1. The van der Waals surface area contributed by atoms with Gasteiger partial charge in [-0.25, -0.2) is 0 Å². The summed E-state index contributed by atoms with van der Waals surface area (Å²) in [4.78, 5) is 13.7. The molecular weight excluding hydrogens is 214 g/mol. The van der Waals surface area contributed by atoms with E-state index in [0.29, 0.717) is 6.42 Å². The fourth-order valence-electron chi connectivity index (χ4n) is 1.80. The molecule has 0 aromatic carbocycles. The summed E-state index contributed by atoms with van der Waals surface area (Å²) in [6, 6.07) is 0. The third kappa shape index (κ3) is 10.3. The van der Waals surface area contributed by atoms with Gasteiger partial charge in [0.25, 0.3) is 0 Å². The number of unbranched alkanes of at least 4 members (excludes halogenated alkanes) is 1. The van der Waals surface area contributed by atoms with Crippen LogP contribution in [0, 0.1) is 0 Å². The van der Waals surface area contributed by atoms with E-state index in [1.165, 1.54) is 6.42 Å². The van der Waals surface area contributed by atoms with Crippen LogP contribution in [-0.4, -0.2) is 37.6 Å². The molecule has 0 spiro atoms. The second kappa shape index (κ2) is 10.6. The molecular formula is C14H29NO2. The zero-order valence-corrected chi connectivity index (χ0v) is 12.0. The minimum atomic E-state index is -0.0265. The second-order valence-electron chi connectivity index (χ2n) is 4.95. The van der Waals surface area contributed by atoms with Crippen LogP contribution in [0.25, 0.3) is 0 Å². The molecule has 0 N–H and O–H groups in total. The van der Waals surface area contributed by atoms with Crippen LogP contribution in [-0.2, 0) is 9.53 Å². The molecule has 0 aliphatic heterocycles. The van der Waals surface area contributed by atoms with Crippen molar-refractivity contribution < 1.29 is 9.53 Å². The summed E-state index contributed by atoms with van der Waals surface area (Å²) < 4.78 is 5.52. The van der Waals surface area contributed by atoms with E-state index >= 15 is 0 Å². The zero-order valence-electron chi connectivity index (χ0n) is 12.0. The maximum atomic E-state index is 11.6. The molecule has 0 saturated carbocycles. The van der Waals surface area contributed by atoms with Gasteiger partial charge in [-0.05, 0) is 39.9 Å². The van der Waals surface area contributed by atoms with Crippen LogP contribution in [0.2, 0.25) is 0 Å². The topological polar surface area (TPSA) is 29.5 Å². The van der Waals surface area contributed by atoms with Crippen LogP contribution in [0.5, 0.6) is 0 Å². The van der Waals surface area contributed by atoms with Crippen LogP contribution >= 0.6 is 0 Å². The molecule has 3 heteroatoms. The minimum absolute atomic E-state index is 0.0265. The molecule has 0 bridgehead atoms. The van der Waals surface area contributed by atoms with Crippen LogP contribution < -0.4 is 0 Å². The van der Waals surface area contributed by atoms with Crippen LogP contribution in [0.1, 0.15) is 58.8 Å². The highest BCUT2D eigenvalue weighted by atomic mass is 16.5. The van der Waals surface area contributed by atoms with Crippen molar-refractivity contribution in [3.63, 3.8) is 0 Å². The summed E-state index contributed by atoms with van der Waals surface area (Å²) in [7, 11) is 4.04. The molecule has 0 amide bonds. The number of hydrogen-bond acceptors (Lipinski definition) is 3. The number of nitrogens with zero attached hydrogens (tertiary/aromatic N) is 1. The molecule has 0 radical (unpaired) electrons. The number of carbonyl (C=O) groups excluding carboxylic acids is 1. The molecule has 0 aromatic rings. The highest BCUT2D eigenvalue weighted by Gasteiger charge is 2.12. The molecule has 1 atom stereocenters. The van der Waals surface area contributed by atoms with E-state index in [-0.39, 0.29) is 12.1 Å². The standard InChI is InChI=1S/C14H29NO2/c1-5-7-10-13(9-6-2)17-14(16)11-8-12-15(3)4/h13H,5-12H2,1-4H3. The van der Waals surface area contributed by atoms with Gasteiger partial charge < -0.3 is 9.64 Å². The monoisotopic (exact) mass is 243 g/mol. The first-order chi connectivity index (χ1) is 8.10. The largest absolute Gasteiger partial charge is 0.462 e. The van der Waals surface area contributed by atoms with Crippen LogP contribution in [0.15, 0.2) is 0 Å². The lowest BCUT2D eigenvalue weighted by molar-refractivity contribution is -0.150. The van der Waals surface area contributed by atoms with Gasteiger partial charge in [0.1, 0.15) is 6.10 Å². The molecule has 0 aromatic heterocycles. The van der Waals surface area contributed by atoms with Crippen molar-refractivity contribution in [1.29, 1.82) is 0 Å². The maximum absolute atomic E-state index is 11.6. The lowest BCUT2D eigenvalue weighted by Crippen LogP contribution is -2.20. The highest BCUT2D eigenvalue weighted by Crippen LogP contribution is 2.12. The Morgan fingerprint density at radius 2 is 1.82 bits per heavy atom. The first kappa shape index (κ1) is 16.4. The van der Waals surface area contributed by atoms with E-state index in [0.717, 1.165) is 38.6 Å². The van der Waals surface area contributed by atoms with E-state index < -0.39 is 0 Å². The summed E-state index contributed by atoms with van der Waals surface area (Å²) in [5.74, 6) is -0.0265. The van der Waals surface area contributed by atoms with Gasteiger partial charge in [0, 0.05) is 6.42 Å². The predicted octanol–water partition coefficient (Wildman–Crippen LogP) is 3.23. The molecule has 0 aliphatic carbocycles. The zero-order chi connectivity index (χ0) is 13.1. The van der Waals surface area contributed by atoms with Crippen molar-refractivity contribution in [3.8, 4) is 0 Å². The van der Waals surface area contributed by atoms with Crippen LogP contribution in [0.4, 0.5) is 0 Å². The van der Waals surface area contributed by atoms with E-state index in [1.807, 2.05) is 14.1 Å². The SMILES string of the molecule is CCCCC(CCC)OC(=O)CCCN(C)C. The maximum Gasteiger partial charge on any atom is 0.306 e. The molecule has 1 unspecified atom stereocenters. The average Bonchev–Trinajstić information content (AvgIpc) is 2.25. The third-order valence-electron chi connectivity index (χ3n) is 2.77. The fraction of sp³-hybridized carbons (Fsp3) is 0.929.